The molecule has 0 bridgehead atoms. The lowest BCUT2D eigenvalue weighted by Gasteiger charge is -2.28. The maximum atomic E-state index is 13.2. The van der Waals surface area contributed by atoms with Gasteiger partial charge in [-0.05, 0) is 61.5 Å². The molecule has 0 aliphatic carbocycles. The Kier molecular flexibility index (Phi) is 8.53. The number of ether oxygens (including phenoxy) is 1. The molecule has 0 aromatic heterocycles. The van der Waals surface area contributed by atoms with Crippen molar-refractivity contribution in [2.24, 2.45) is 0 Å². The molecule has 7 heteroatoms. The zero-order valence-electron chi connectivity index (χ0n) is 19.9. The van der Waals surface area contributed by atoms with E-state index in [1.807, 2.05) is 6.92 Å². The number of halogens is 1. The Hall–Kier alpha value is -3.09. The third-order valence-electron chi connectivity index (χ3n) is 6.10. The Labute approximate surface area is 206 Å². The summed E-state index contributed by atoms with van der Waals surface area (Å²) in [5, 5.41) is 11.9. The molecule has 0 radical (unpaired) electrons. The molecule has 0 saturated carbocycles. The van der Waals surface area contributed by atoms with Gasteiger partial charge in [0.25, 0.3) is 11.7 Å². The molecule has 1 aliphatic heterocycles. The molecule has 2 aromatic rings. The second kappa shape index (κ2) is 11.4. The number of rotatable bonds is 10. The van der Waals surface area contributed by atoms with E-state index in [0.717, 1.165) is 18.7 Å². The standard InChI is InChI=1S/C27H31ClN2O4/c1-5-16-34-21-12-13-22(18(4)17-21)25(31)23-24(19-8-10-20(28)11-9-19)30(27(33)26(23)32)15-14-29(6-2)7-3/h5,8-13,17,24,31H,1,6-7,14-16H2,2-4H3/b25-23+. The van der Waals surface area contributed by atoms with Gasteiger partial charge in [0.1, 0.15) is 18.1 Å². The van der Waals surface area contributed by atoms with Crippen LogP contribution < -0.4 is 4.74 Å². The van der Waals surface area contributed by atoms with Crippen LogP contribution >= 0.6 is 11.6 Å². The van der Waals surface area contributed by atoms with E-state index in [0.29, 0.717) is 41.6 Å². The highest BCUT2D eigenvalue weighted by atomic mass is 35.5. The number of likely N-dealkylation sites (N-methyl/N-ethyl adjacent to an activating group) is 1. The lowest BCUT2D eigenvalue weighted by Crippen LogP contribution is -2.38. The summed E-state index contributed by atoms with van der Waals surface area (Å²) in [4.78, 5) is 30.0. The number of aliphatic hydroxyl groups is 1. The van der Waals surface area contributed by atoms with Crippen LogP contribution in [0.4, 0.5) is 0 Å². The zero-order valence-corrected chi connectivity index (χ0v) is 20.6. The molecular formula is C27H31ClN2O4. The van der Waals surface area contributed by atoms with E-state index in [2.05, 4.69) is 25.3 Å². The number of aryl methyl sites for hydroxylation is 1. The average Bonchev–Trinajstić information content (AvgIpc) is 3.08. The number of ketones is 1. The number of nitrogens with zero attached hydrogens (tertiary/aromatic N) is 2. The van der Waals surface area contributed by atoms with Crippen LogP contribution in [0.1, 0.15) is 36.6 Å². The zero-order chi connectivity index (χ0) is 24.8. The molecule has 1 heterocycles. The van der Waals surface area contributed by atoms with Crippen molar-refractivity contribution in [3.05, 3.63) is 82.4 Å². The topological polar surface area (TPSA) is 70.1 Å². The number of carbonyl (C=O) groups excluding carboxylic acids is 2. The molecular weight excluding hydrogens is 452 g/mol. The molecule has 6 nitrogen and oxygen atoms in total. The Morgan fingerprint density at radius 1 is 1.18 bits per heavy atom. The van der Waals surface area contributed by atoms with Crippen LogP contribution in [0.5, 0.6) is 5.75 Å². The van der Waals surface area contributed by atoms with Gasteiger partial charge in [-0.2, -0.15) is 0 Å². The fraction of sp³-hybridized carbons (Fsp3) is 0.333. The van der Waals surface area contributed by atoms with Crippen LogP contribution in [-0.4, -0.2) is 59.4 Å². The molecule has 1 N–H and O–H groups in total. The SMILES string of the molecule is C=CCOc1ccc(/C(O)=C2\C(=O)C(=O)N(CCN(CC)CC)C2c2ccc(Cl)cc2)c(C)c1. The third kappa shape index (κ3) is 5.34. The number of Topliss-reactive ketones (excluding diaryl/α,β-unsaturated/α-hetero) is 1. The number of benzene rings is 2. The van der Waals surface area contributed by atoms with Crippen molar-refractivity contribution in [3.8, 4) is 5.75 Å². The maximum absolute atomic E-state index is 13.2. The van der Waals surface area contributed by atoms with Crippen molar-refractivity contribution in [2.45, 2.75) is 26.8 Å². The van der Waals surface area contributed by atoms with Gasteiger partial charge < -0.3 is 19.6 Å². The fourth-order valence-electron chi connectivity index (χ4n) is 4.18. The fourth-order valence-corrected chi connectivity index (χ4v) is 4.31. The van der Waals surface area contributed by atoms with Crippen LogP contribution in [0.3, 0.4) is 0 Å². The van der Waals surface area contributed by atoms with E-state index < -0.39 is 17.7 Å². The summed E-state index contributed by atoms with van der Waals surface area (Å²) in [6, 6.07) is 11.5. The molecule has 0 spiro atoms. The molecule has 1 fully saturated rings. The first-order chi connectivity index (χ1) is 16.3. The molecule has 1 saturated heterocycles. The largest absolute Gasteiger partial charge is 0.507 e. The van der Waals surface area contributed by atoms with Gasteiger partial charge in [-0.3, -0.25) is 9.59 Å². The van der Waals surface area contributed by atoms with E-state index in [4.69, 9.17) is 16.3 Å². The number of likely N-dealkylation sites (tertiary alicyclic amines) is 1. The van der Waals surface area contributed by atoms with Gasteiger partial charge in [0.2, 0.25) is 0 Å². The summed E-state index contributed by atoms with van der Waals surface area (Å²) in [6.07, 6.45) is 1.65. The second-order valence-corrected chi connectivity index (χ2v) is 8.58. The molecule has 180 valence electrons. The van der Waals surface area contributed by atoms with Gasteiger partial charge in [-0.25, -0.2) is 0 Å². The van der Waals surface area contributed by atoms with Crippen molar-refractivity contribution in [1.82, 2.24) is 9.80 Å². The van der Waals surface area contributed by atoms with Gasteiger partial charge >= 0.3 is 0 Å². The summed E-state index contributed by atoms with van der Waals surface area (Å²) >= 11 is 6.09. The summed E-state index contributed by atoms with van der Waals surface area (Å²) in [5.74, 6) is -0.875. The Bertz CT molecular complexity index is 1090. The van der Waals surface area contributed by atoms with Gasteiger partial charge in [-0.1, -0.05) is 50.2 Å². The first-order valence-corrected chi connectivity index (χ1v) is 11.8. The quantitative estimate of drug-likeness (QED) is 0.224. The summed E-state index contributed by atoms with van der Waals surface area (Å²) in [7, 11) is 0. The highest BCUT2D eigenvalue weighted by molar-refractivity contribution is 6.46. The summed E-state index contributed by atoms with van der Waals surface area (Å²) < 4.78 is 5.57. The highest BCUT2D eigenvalue weighted by Crippen LogP contribution is 2.40. The lowest BCUT2D eigenvalue weighted by molar-refractivity contribution is -0.140. The molecule has 34 heavy (non-hydrogen) atoms. The molecule has 2 aromatic carbocycles. The summed E-state index contributed by atoms with van der Waals surface area (Å²) in [6.45, 7) is 12.6. The second-order valence-electron chi connectivity index (χ2n) is 8.15. The van der Waals surface area contributed by atoms with Gasteiger partial charge in [-0.15, -0.1) is 0 Å². The van der Waals surface area contributed by atoms with Crippen LogP contribution in [-0.2, 0) is 9.59 Å². The predicted molar refractivity (Wildman–Crippen MR) is 135 cm³/mol. The Balaban J connectivity index is 2.08. The number of hydrogen-bond acceptors (Lipinski definition) is 5. The van der Waals surface area contributed by atoms with E-state index in [-0.39, 0.29) is 11.3 Å². The molecule has 1 unspecified atom stereocenters. The van der Waals surface area contributed by atoms with Gasteiger partial charge in [0, 0.05) is 23.7 Å². The average molecular weight is 483 g/mol. The van der Waals surface area contributed by atoms with Crippen molar-refractivity contribution < 1.29 is 19.4 Å². The van der Waals surface area contributed by atoms with Crippen molar-refractivity contribution in [2.75, 3.05) is 32.8 Å². The van der Waals surface area contributed by atoms with E-state index in [1.165, 1.54) is 0 Å². The number of aliphatic hydroxyl groups excluding tert-OH is 1. The Morgan fingerprint density at radius 2 is 1.85 bits per heavy atom. The van der Waals surface area contributed by atoms with E-state index >= 15 is 0 Å². The van der Waals surface area contributed by atoms with E-state index in [1.54, 1.807) is 53.4 Å². The lowest BCUT2D eigenvalue weighted by atomic mass is 9.94. The van der Waals surface area contributed by atoms with Crippen LogP contribution in [0.25, 0.3) is 5.76 Å². The minimum absolute atomic E-state index is 0.0785. The third-order valence-corrected chi connectivity index (χ3v) is 6.35. The monoisotopic (exact) mass is 482 g/mol. The van der Waals surface area contributed by atoms with Crippen molar-refractivity contribution >= 4 is 29.1 Å². The molecule has 1 atom stereocenters. The number of carbonyl (C=O) groups is 2. The van der Waals surface area contributed by atoms with Crippen molar-refractivity contribution in [1.29, 1.82) is 0 Å². The first-order valence-electron chi connectivity index (χ1n) is 11.4. The number of hydrogen-bond donors (Lipinski definition) is 1. The first kappa shape index (κ1) is 25.5. The predicted octanol–water partition coefficient (Wildman–Crippen LogP) is 4.98. The minimum Gasteiger partial charge on any atom is -0.507 e. The highest BCUT2D eigenvalue weighted by Gasteiger charge is 2.46. The molecule has 1 aliphatic rings. The smallest absolute Gasteiger partial charge is 0.295 e. The number of amides is 1. The van der Waals surface area contributed by atoms with Crippen LogP contribution in [0.15, 0.2) is 60.7 Å². The van der Waals surface area contributed by atoms with E-state index in [9.17, 15) is 14.7 Å². The van der Waals surface area contributed by atoms with Crippen molar-refractivity contribution in [3.63, 3.8) is 0 Å². The summed E-state index contributed by atoms with van der Waals surface area (Å²) in [5.41, 5.74) is 2.00. The van der Waals surface area contributed by atoms with Crippen LogP contribution in [0.2, 0.25) is 5.02 Å². The van der Waals surface area contributed by atoms with Gasteiger partial charge in [0.05, 0.1) is 11.6 Å². The molecule has 1 amide bonds. The maximum Gasteiger partial charge on any atom is 0.295 e. The minimum atomic E-state index is -0.705. The van der Waals surface area contributed by atoms with Gasteiger partial charge in [0.15, 0.2) is 0 Å². The normalized spacial score (nSPS) is 17.4. The van der Waals surface area contributed by atoms with Crippen LogP contribution in [0, 0.1) is 6.92 Å². The Morgan fingerprint density at radius 3 is 2.44 bits per heavy atom. The molecule has 3 rings (SSSR count).